The Hall–Kier alpha value is -2.39. The average Bonchev–Trinajstić information content (AvgIpc) is 2.93. The maximum atomic E-state index is 12.9. The fourth-order valence-corrected chi connectivity index (χ4v) is 4.85. The van der Waals surface area contributed by atoms with Gasteiger partial charge in [-0.1, -0.05) is 6.07 Å². The summed E-state index contributed by atoms with van der Waals surface area (Å²) in [6.45, 7) is 1.28. The number of carbonyl (C=O) groups is 1. The molecule has 2 aliphatic heterocycles. The molecule has 1 fully saturated rings. The van der Waals surface area contributed by atoms with Crippen LogP contribution in [-0.4, -0.2) is 48.9 Å². The van der Waals surface area contributed by atoms with Crippen LogP contribution in [0.15, 0.2) is 23.0 Å². The summed E-state index contributed by atoms with van der Waals surface area (Å²) in [6, 6.07) is 5.68. The van der Waals surface area contributed by atoms with Gasteiger partial charge in [0.2, 0.25) is 5.91 Å². The summed E-state index contributed by atoms with van der Waals surface area (Å²) < 4.78 is 18.0. The summed E-state index contributed by atoms with van der Waals surface area (Å²) in [7, 11) is 3.16. The number of hydrogen-bond acceptors (Lipinski definition) is 6. The van der Waals surface area contributed by atoms with Gasteiger partial charge in [-0.15, -0.1) is 11.8 Å². The van der Waals surface area contributed by atoms with Crippen LogP contribution in [0.2, 0.25) is 0 Å². The average molecular weight is 405 g/mol. The molecule has 2 N–H and O–H groups in total. The van der Waals surface area contributed by atoms with Gasteiger partial charge in [-0.2, -0.15) is 0 Å². The zero-order valence-electron chi connectivity index (χ0n) is 15.8. The molecule has 1 unspecified atom stereocenters. The lowest BCUT2D eigenvalue weighted by Gasteiger charge is -2.25. The van der Waals surface area contributed by atoms with Crippen molar-refractivity contribution in [2.75, 3.05) is 38.5 Å². The molecule has 2 aliphatic rings. The first-order chi connectivity index (χ1) is 13.6. The molecule has 28 heavy (non-hydrogen) atoms. The van der Waals surface area contributed by atoms with Crippen molar-refractivity contribution >= 4 is 23.5 Å². The molecule has 0 radical (unpaired) electrons. The lowest BCUT2D eigenvalue weighted by atomic mass is 10.0. The van der Waals surface area contributed by atoms with Gasteiger partial charge in [0, 0.05) is 13.2 Å². The van der Waals surface area contributed by atoms with Crippen molar-refractivity contribution in [1.82, 2.24) is 9.78 Å². The van der Waals surface area contributed by atoms with Crippen LogP contribution < -0.4 is 20.3 Å². The second kappa shape index (κ2) is 7.92. The first kappa shape index (κ1) is 18.9. The Bertz CT molecular complexity index is 932. The largest absolute Gasteiger partial charge is 0.493 e. The topological polar surface area (TPSA) is 94.6 Å². The molecule has 8 nitrogen and oxygen atoms in total. The Morgan fingerprint density at radius 3 is 2.61 bits per heavy atom. The highest BCUT2D eigenvalue weighted by molar-refractivity contribution is 8.00. The molecular weight excluding hydrogens is 382 g/mol. The highest BCUT2D eigenvalue weighted by Crippen LogP contribution is 2.43. The highest BCUT2D eigenvalue weighted by Gasteiger charge is 2.33. The number of aromatic amines is 1. The van der Waals surface area contributed by atoms with Gasteiger partial charge in [-0.05, 0) is 30.5 Å². The van der Waals surface area contributed by atoms with Crippen LogP contribution in [0.25, 0.3) is 0 Å². The maximum Gasteiger partial charge on any atom is 0.270 e. The monoisotopic (exact) mass is 405 g/mol. The van der Waals surface area contributed by atoms with Crippen molar-refractivity contribution in [2.45, 2.75) is 24.1 Å². The smallest absolute Gasteiger partial charge is 0.270 e. The number of rotatable bonds is 4. The van der Waals surface area contributed by atoms with Crippen LogP contribution >= 0.6 is 11.8 Å². The fraction of sp³-hybridized carbons (Fsp3) is 0.474. The van der Waals surface area contributed by atoms with Crippen LogP contribution in [0.4, 0.5) is 5.82 Å². The van der Waals surface area contributed by atoms with Crippen LogP contribution in [0, 0.1) is 0 Å². The van der Waals surface area contributed by atoms with E-state index in [0.29, 0.717) is 36.1 Å². The summed E-state index contributed by atoms with van der Waals surface area (Å²) in [5.74, 6) is 1.92. The Morgan fingerprint density at radius 1 is 1.14 bits per heavy atom. The summed E-state index contributed by atoms with van der Waals surface area (Å²) in [5, 5.41) is 5.59. The third kappa shape index (κ3) is 3.40. The lowest BCUT2D eigenvalue weighted by Crippen LogP contribution is -2.24. The SMILES string of the molecule is COc1ccc(C2SCC(=O)Nc3c2c(=O)[nH]n3C2CCOCC2)cc1OC. The number of fused-ring (bicyclic) bond motifs is 1. The molecule has 0 spiro atoms. The zero-order valence-corrected chi connectivity index (χ0v) is 16.6. The van der Waals surface area contributed by atoms with Crippen molar-refractivity contribution in [3.05, 3.63) is 39.7 Å². The standard InChI is InChI=1S/C19H23N3O5S/c1-25-13-4-3-11(9-14(13)26-2)17-16-18(20-15(23)10-28-17)22(21-19(16)24)12-5-7-27-8-6-12/h3-4,9,12,17H,5-8,10H2,1-2H3,(H,20,23)(H,21,24). The number of hydrogen-bond donors (Lipinski definition) is 2. The summed E-state index contributed by atoms with van der Waals surface area (Å²) >= 11 is 1.43. The molecule has 1 aromatic carbocycles. The molecule has 1 aromatic heterocycles. The van der Waals surface area contributed by atoms with E-state index in [-0.39, 0.29) is 28.5 Å². The van der Waals surface area contributed by atoms with Gasteiger partial charge >= 0.3 is 0 Å². The van der Waals surface area contributed by atoms with E-state index in [4.69, 9.17) is 14.2 Å². The molecule has 1 saturated heterocycles. The Kier molecular flexibility index (Phi) is 5.36. The molecule has 0 aliphatic carbocycles. The Morgan fingerprint density at radius 2 is 1.89 bits per heavy atom. The predicted octanol–water partition coefficient (Wildman–Crippen LogP) is 2.32. The number of thioether (sulfide) groups is 1. The molecule has 1 atom stereocenters. The number of benzene rings is 1. The van der Waals surface area contributed by atoms with E-state index in [0.717, 1.165) is 18.4 Å². The van der Waals surface area contributed by atoms with Crippen molar-refractivity contribution in [3.8, 4) is 11.5 Å². The fourth-order valence-electron chi connectivity index (χ4n) is 3.74. The van der Waals surface area contributed by atoms with Crippen LogP contribution in [0.5, 0.6) is 11.5 Å². The molecule has 1 amide bonds. The molecular formula is C19H23N3O5S. The number of methoxy groups -OCH3 is 2. The normalized spacial score (nSPS) is 20.2. The van der Waals surface area contributed by atoms with E-state index >= 15 is 0 Å². The van der Waals surface area contributed by atoms with E-state index in [1.54, 1.807) is 14.2 Å². The van der Waals surface area contributed by atoms with Gasteiger partial charge in [0.1, 0.15) is 5.82 Å². The minimum Gasteiger partial charge on any atom is -0.493 e. The second-order valence-corrected chi connectivity index (χ2v) is 7.86. The number of carbonyl (C=O) groups excluding carboxylic acids is 1. The van der Waals surface area contributed by atoms with Crippen LogP contribution in [-0.2, 0) is 9.53 Å². The molecule has 0 saturated carbocycles. The number of amides is 1. The lowest BCUT2D eigenvalue weighted by molar-refractivity contribution is -0.113. The molecule has 4 rings (SSSR count). The van der Waals surface area contributed by atoms with E-state index in [1.807, 2.05) is 22.9 Å². The van der Waals surface area contributed by atoms with Crippen molar-refractivity contribution in [2.24, 2.45) is 0 Å². The van der Waals surface area contributed by atoms with Crippen molar-refractivity contribution in [3.63, 3.8) is 0 Å². The third-order valence-corrected chi connectivity index (χ3v) is 6.40. The zero-order chi connectivity index (χ0) is 19.7. The van der Waals surface area contributed by atoms with Gasteiger partial charge in [0.25, 0.3) is 5.56 Å². The number of nitrogens with one attached hydrogen (secondary N) is 2. The number of aromatic nitrogens is 2. The quantitative estimate of drug-likeness (QED) is 0.811. The highest BCUT2D eigenvalue weighted by atomic mass is 32.2. The summed E-state index contributed by atoms with van der Waals surface area (Å²) in [6.07, 6.45) is 1.59. The molecule has 3 heterocycles. The molecule has 2 aromatic rings. The van der Waals surface area contributed by atoms with Gasteiger partial charge in [-0.25, -0.2) is 0 Å². The Balaban J connectivity index is 1.80. The van der Waals surface area contributed by atoms with Crippen molar-refractivity contribution < 1.29 is 19.0 Å². The van der Waals surface area contributed by atoms with Crippen LogP contribution in [0.3, 0.4) is 0 Å². The number of ether oxygens (including phenoxy) is 3. The van der Waals surface area contributed by atoms with Gasteiger partial charge in [0.15, 0.2) is 11.5 Å². The van der Waals surface area contributed by atoms with Gasteiger partial charge < -0.3 is 19.5 Å². The molecule has 150 valence electrons. The molecule has 0 bridgehead atoms. The minimum absolute atomic E-state index is 0.0969. The first-order valence-corrected chi connectivity index (χ1v) is 10.2. The third-order valence-electron chi connectivity index (χ3n) is 5.13. The van der Waals surface area contributed by atoms with Crippen LogP contribution in [0.1, 0.15) is 35.3 Å². The maximum absolute atomic E-state index is 12.9. The number of anilines is 1. The minimum atomic E-state index is -0.293. The van der Waals surface area contributed by atoms with E-state index < -0.39 is 0 Å². The number of H-pyrrole nitrogens is 1. The van der Waals surface area contributed by atoms with E-state index in [1.165, 1.54) is 11.8 Å². The van der Waals surface area contributed by atoms with Gasteiger partial charge in [-0.3, -0.25) is 19.4 Å². The first-order valence-electron chi connectivity index (χ1n) is 9.18. The van der Waals surface area contributed by atoms with Gasteiger partial charge in [0.05, 0.1) is 36.8 Å². The molecule has 9 heteroatoms. The second-order valence-electron chi connectivity index (χ2n) is 6.77. The Labute approximate surface area is 166 Å². The predicted molar refractivity (Wildman–Crippen MR) is 107 cm³/mol. The van der Waals surface area contributed by atoms with E-state index in [9.17, 15) is 9.59 Å². The summed E-state index contributed by atoms with van der Waals surface area (Å²) in [5.41, 5.74) is 1.26. The van der Waals surface area contributed by atoms with Crippen molar-refractivity contribution in [1.29, 1.82) is 0 Å². The van der Waals surface area contributed by atoms with E-state index in [2.05, 4.69) is 10.4 Å². The summed E-state index contributed by atoms with van der Waals surface area (Å²) in [4.78, 5) is 25.3. The number of nitrogens with zero attached hydrogens (tertiary/aromatic N) is 1.